The minimum Gasteiger partial charge on any atom is -0.391 e. The van der Waals surface area contributed by atoms with Crippen molar-refractivity contribution < 1.29 is 9.50 Å². The molecule has 2 N–H and O–H groups in total. The number of hydrogen-bond donors (Lipinski definition) is 2. The molecular weight excluding hydrogens is 267 g/mol. The van der Waals surface area contributed by atoms with Crippen molar-refractivity contribution in [3.05, 3.63) is 29.6 Å². The zero-order chi connectivity index (χ0) is 15.4. The lowest BCUT2D eigenvalue weighted by Gasteiger charge is -2.38. The Morgan fingerprint density at radius 2 is 2.10 bits per heavy atom. The molecule has 2 rings (SSSR count). The van der Waals surface area contributed by atoms with Gasteiger partial charge in [-0.15, -0.1) is 0 Å². The highest BCUT2D eigenvalue weighted by atomic mass is 19.1. The van der Waals surface area contributed by atoms with Crippen molar-refractivity contribution in [2.45, 2.75) is 57.7 Å². The molecule has 3 unspecified atom stereocenters. The molecule has 3 atom stereocenters. The third-order valence-corrected chi connectivity index (χ3v) is 4.54. The van der Waals surface area contributed by atoms with Crippen LogP contribution >= 0.6 is 0 Å². The van der Waals surface area contributed by atoms with Gasteiger partial charge in [-0.05, 0) is 37.9 Å². The minimum absolute atomic E-state index is 0.00299. The number of rotatable bonds is 5. The molecule has 0 aromatic heterocycles. The number of anilines is 1. The van der Waals surface area contributed by atoms with Crippen molar-refractivity contribution in [3.63, 3.8) is 0 Å². The average molecular weight is 294 g/mol. The lowest BCUT2D eigenvalue weighted by Crippen LogP contribution is -2.44. The second kappa shape index (κ2) is 7.23. The Labute approximate surface area is 127 Å². The summed E-state index contributed by atoms with van der Waals surface area (Å²) in [4.78, 5) is 1.95. The molecule has 0 radical (unpaired) electrons. The summed E-state index contributed by atoms with van der Waals surface area (Å²) in [6.07, 6.45) is 3.51. The van der Waals surface area contributed by atoms with Gasteiger partial charge in [0.15, 0.2) is 0 Å². The van der Waals surface area contributed by atoms with Crippen LogP contribution in [0.2, 0.25) is 0 Å². The van der Waals surface area contributed by atoms with Gasteiger partial charge >= 0.3 is 0 Å². The van der Waals surface area contributed by atoms with E-state index in [9.17, 15) is 9.50 Å². The molecule has 3 nitrogen and oxygen atoms in total. The molecule has 1 saturated carbocycles. The molecule has 4 heteroatoms. The standard InChI is InChI=1S/C17H27FN2O/c1-4-19-12(2)13-8-7-9-14(18)17(13)20(3)15-10-5-6-11-16(15)21/h7-9,12,15-16,19,21H,4-6,10-11H2,1-3H3. The maximum absolute atomic E-state index is 14.4. The summed E-state index contributed by atoms with van der Waals surface area (Å²) in [6, 6.07) is 5.32. The van der Waals surface area contributed by atoms with Crippen LogP contribution in [-0.2, 0) is 0 Å². The van der Waals surface area contributed by atoms with Crippen molar-refractivity contribution >= 4 is 5.69 Å². The fraction of sp³-hybridized carbons (Fsp3) is 0.647. The van der Waals surface area contributed by atoms with Gasteiger partial charge in [-0.3, -0.25) is 0 Å². The van der Waals surface area contributed by atoms with Crippen LogP contribution in [0.15, 0.2) is 18.2 Å². The van der Waals surface area contributed by atoms with Crippen LogP contribution in [0.25, 0.3) is 0 Å². The van der Waals surface area contributed by atoms with Crippen molar-refractivity contribution in [1.82, 2.24) is 5.32 Å². The lowest BCUT2D eigenvalue weighted by molar-refractivity contribution is 0.106. The fourth-order valence-electron chi connectivity index (χ4n) is 3.38. The van der Waals surface area contributed by atoms with E-state index in [1.165, 1.54) is 6.07 Å². The van der Waals surface area contributed by atoms with Crippen LogP contribution in [0.1, 0.15) is 51.1 Å². The van der Waals surface area contributed by atoms with Gasteiger partial charge in [0.2, 0.25) is 0 Å². The van der Waals surface area contributed by atoms with Crippen LogP contribution in [0.5, 0.6) is 0 Å². The predicted molar refractivity (Wildman–Crippen MR) is 85.2 cm³/mol. The van der Waals surface area contributed by atoms with Crippen molar-refractivity contribution in [1.29, 1.82) is 0 Å². The van der Waals surface area contributed by atoms with E-state index in [1.54, 1.807) is 6.07 Å². The summed E-state index contributed by atoms with van der Waals surface area (Å²) in [5, 5.41) is 13.6. The maximum Gasteiger partial charge on any atom is 0.146 e. The highest BCUT2D eigenvalue weighted by Gasteiger charge is 2.29. The van der Waals surface area contributed by atoms with Gasteiger partial charge in [0.05, 0.1) is 17.8 Å². The van der Waals surface area contributed by atoms with Gasteiger partial charge in [-0.2, -0.15) is 0 Å². The van der Waals surface area contributed by atoms with Gasteiger partial charge in [0, 0.05) is 13.1 Å². The molecule has 0 spiro atoms. The Morgan fingerprint density at radius 3 is 2.76 bits per heavy atom. The number of nitrogens with zero attached hydrogens (tertiary/aromatic N) is 1. The van der Waals surface area contributed by atoms with Crippen molar-refractivity contribution in [3.8, 4) is 0 Å². The summed E-state index contributed by atoms with van der Waals surface area (Å²) in [5.41, 5.74) is 1.58. The van der Waals surface area contributed by atoms with E-state index >= 15 is 0 Å². The van der Waals surface area contributed by atoms with E-state index in [4.69, 9.17) is 0 Å². The van der Waals surface area contributed by atoms with Crippen molar-refractivity contribution in [2.24, 2.45) is 0 Å². The molecule has 0 aliphatic heterocycles. The van der Waals surface area contributed by atoms with Gasteiger partial charge < -0.3 is 15.3 Å². The Morgan fingerprint density at radius 1 is 1.38 bits per heavy atom. The molecule has 21 heavy (non-hydrogen) atoms. The quantitative estimate of drug-likeness (QED) is 0.875. The molecule has 1 fully saturated rings. The topological polar surface area (TPSA) is 35.5 Å². The van der Waals surface area contributed by atoms with E-state index in [1.807, 2.05) is 31.9 Å². The zero-order valence-corrected chi connectivity index (χ0v) is 13.3. The van der Waals surface area contributed by atoms with Crippen LogP contribution in [0.3, 0.4) is 0 Å². The molecule has 0 amide bonds. The summed E-state index contributed by atoms with van der Waals surface area (Å²) in [6.45, 7) is 4.93. The molecule has 118 valence electrons. The summed E-state index contributed by atoms with van der Waals surface area (Å²) in [5.74, 6) is -0.211. The largest absolute Gasteiger partial charge is 0.391 e. The number of aliphatic hydroxyl groups excluding tert-OH is 1. The predicted octanol–water partition coefficient (Wildman–Crippen LogP) is 3.24. The smallest absolute Gasteiger partial charge is 0.146 e. The fourth-order valence-corrected chi connectivity index (χ4v) is 3.38. The SMILES string of the molecule is CCNC(C)c1cccc(F)c1N(C)C1CCCCC1O. The van der Waals surface area contributed by atoms with Crippen LogP contribution in [-0.4, -0.2) is 30.8 Å². The number of aliphatic hydroxyl groups is 1. The number of likely N-dealkylation sites (N-methyl/N-ethyl adjacent to an activating group) is 1. The van der Waals surface area contributed by atoms with Crippen LogP contribution in [0.4, 0.5) is 10.1 Å². The van der Waals surface area contributed by atoms with E-state index < -0.39 is 0 Å². The Hall–Kier alpha value is -1.13. The number of nitrogens with one attached hydrogen (secondary N) is 1. The molecular formula is C17H27FN2O. The monoisotopic (exact) mass is 294 g/mol. The first kappa shape index (κ1) is 16.2. The van der Waals surface area contributed by atoms with E-state index in [0.717, 1.165) is 37.8 Å². The lowest BCUT2D eigenvalue weighted by atomic mass is 9.90. The number of hydrogen-bond acceptors (Lipinski definition) is 3. The summed E-state index contributed by atoms with van der Waals surface area (Å²) in [7, 11) is 1.90. The number of para-hydroxylation sites is 1. The Kier molecular flexibility index (Phi) is 5.59. The van der Waals surface area contributed by atoms with Gasteiger partial charge in [0.25, 0.3) is 0 Å². The highest BCUT2D eigenvalue weighted by Crippen LogP contribution is 2.33. The van der Waals surface area contributed by atoms with Gasteiger partial charge in [-0.1, -0.05) is 31.9 Å². The third kappa shape index (κ3) is 3.55. The van der Waals surface area contributed by atoms with Gasteiger partial charge in [-0.25, -0.2) is 4.39 Å². The van der Waals surface area contributed by atoms with E-state index in [-0.39, 0.29) is 24.0 Å². The highest BCUT2D eigenvalue weighted by molar-refractivity contribution is 5.56. The number of halogens is 1. The van der Waals surface area contributed by atoms with Gasteiger partial charge in [0.1, 0.15) is 5.82 Å². The minimum atomic E-state index is -0.370. The number of benzene rings is 1. The van der Waals surface area contributed by atoms with E-state index in [0.29, 0.717) is 5.69 Å². The summed E-state index contributed by atoms with van der Waals surface area (Å²) >= 11 is 0. The third-order valence-electron chi connectivity index (χ3n) is 4.54. The maximum atomic E-state index is 14.4. The van der Waals surface area contributed by atoms with E-state index in [2.05, 4.69) is 5.32 Å². The normalized spacial score (nSPS) is 23.9. The van der Waals surface area contributed by atoms with Crippen LogP contribution in [0, 0.1) is 5.82 Å². The molecule has 0 saturated heterocycles. The molecule has 0 heterocycles. The average Bonchev–Trinajstić information content (AvgIpc) is 2.47. The molecule has 1 aliphatic carbocycles. The van der Waals surface area contributed by atoms with Crippen molar-refractivity contribution in [2.75, 3.05) is 18.5 Å². The molecule has 1 aromatic rings. The van der Waals surface area contributed by atoms with Crippen LogP contribution < -0.4 is 10.2 Å². The second-order valence-corrected chi connectivity index (χ2v) is 5.99. The second-order valence-electron chi connectivity index (χ2n) is 5.99. The first-order valence-electron chi connectivity index (χ1n) is 7.99. The summed E-state index contributed by atoms with van der Waals surface area (Å²) < 4.78 is 14.4. The first-order valence-corrected chi connectivity index (χ1v) is 7.99. The molecule has 0 bridgehead atoms. The first-order chi connectivity index (χ1) is 10.1. The Bertz CT molecular complexity index is 466. The Balaban J connectivity index is 2.32. The molecule has 1 aliphatic rings. The zero-order valence-electron chi connectivity index (χ0n) is 13.3. The molecule has 1 aromatic carbocycles.